The van der Waals surface area contributed by atoms with Crippen molar-refractivity contribution in [2.24, 2.45) is 5.41 Å². The zero-order valence-corrected chi connectivity index (χ0v) is 12.7. The van der Waals surface area contributed by atoms with Gasteiger partial charge in [-0.3, -0.25) is 0 Å². The predicted molar refractivity (Wildman–Crippen MR) is 78.5 cm³/mol. The average Bonchev–Trinajstić information content (AvgIpc) is 2.83. The van der Waals surface area contributed by atoms with Crippen molar-refractivity contribution < 1.29 is 4.74 Å². The van der Waals surface area contributed by atoms with Gasteiger partial charge in [0.25, 0.3) is 0 Å². The molecule has 2 rings (SSSR count). The van der Waals surface area contributed by atoms with Crippen LogP contribution in [0, 0.1) is 12.3 Å². The Morgan fingerprint density at radius 3 is 2.95 bits per heavy atom. The molecule has 0 aliphatic heterocycles. The van der Waals surface area contributed by atoms with Crippen LogP contribution in [0.15, 0.2) is 6.20 Å². The fourth-order valence-electron chi connectivity index (χ4n) is 2.95. The van der Waals surface area contributed by atoms with E-state index < -0.39 is 0 Å². The summed E-state index contributed by atoms with van der Waals surface area (Å²) in [6, 6.07) is 0.568. The highest BCUT2D eigenvalue weighted by Gasteiger charge is 2.31. The fraction of sp³-hybridized carbons (Fsp3) is 0.800. The Morgan fingerprint density at radius 2 is 2.32 bits per heavy atom. The lowest BCUT2D eigenvalue weighted by Crippen LogP contribution is -2.20. The molecule has 1 aromatic rings. The summed E-state index contributed by atoms with van der Waals surface area (Å²) in [7, 11) is 1.75. The maximum Gasteiger partial charge on any atom is 0.203 e. The standard InChI is InChI=1S/C15H27N3O/c1-12-11-18(8-5-9-19-4)14(16-12)17-13-6-7-15(2,3)10-13/h11,13H,5-10H2,1-4H3,(H,16,17). The zero-order valence-electron chi connectivity index (χ0n) is 12.7. The molecule has 1 aliphatic carbocycles. The Bertz CT molecular complexity index is 412. The second-order valence-electron chi connectivity index (χ2n) is 6.49. The minimum atomic E-state index is 0.472. The van der Waals surface area contributed by atoms with Crippen LogP contribution in [-0.4, -0.2) is 29.3 Å². The largest absolute Gasteiger partial charge is 0.385 e. The van der Waals surface area contributed by atoms with Gasteiger partial charge in [0.15, 0.2) is 0 Å². The van der Waals surface area contributed by atoms with Crippen LogP contribution in [0.3, 0.4) is 0 Å². The van der Waals surface area contributed by atoms with Crippen molar-refractivity contribution >= 4 is 5.95 Å². The first-order valence-electron chi connectivity index (χ1n) is 7.29. The number of hydrogen-bond acceptors (Lipinski definition) is 3. The summed E-state index contributed by atoms with van der Waals surface area (Å²) in [5.41, 5.74) is 1.55. The van der Waals surface area contributed by atoms with Crippen molar-refractivity contribution in [1.82, 2.24) is 9.55 Å². The second-order valence-corrected chi connectivity index (χ2v) is 6.49. The van der Waals surface area contributed by atoms with Crippen molar-refractivity contribution in [3.63, 3.8) is 0 Å². The summed E-state index contributed by atoms with van der Waals surface area (Å²) >= 11 is 0. The number of aryl methyl sites for hydroxylation is 2. The number of nitrogens with one attached hydrogen (secondary N) is 1. The lowest BCUT2D eigenvalue weighted by molar-refractivity contribution is 0.190. The van der Waals surface area contributed by atoms with Gasteiger partial charge < -0.3 is 14.6 Å². The second kappa shape index (κ2) is 5.95. The molecule has 1 fully saturated rings. The molecule has 1 aliphatic rings. The molecule has 19 heavy (non-hydrogen) atoms. The highest BCUT2D eigenvalue weighted by Crippen LogP contribution is 2.38. The van der Waals surface area contributed by atoms with Gasteiger partial charge in [-0.1, -0.05) is 13.8 Å². The monoisotopic (exact) mass is 265 g/mol. The molecule has 4 heteroatoms. The molecule has 1 heterocycles. The van der Waals surface area contributed by atoms with Gasteiger partial charge in [0.05, 0.1) is 5.69 Å². The quantitative estimate of drug-likeness (QED) is 0.803. The maximum atomic E-state index is 5.12. The molecule has 0 saturated heterocycles. The smallest absolute Gasteiger partial charge is 0.203 e. The van der Waals surface area contributed by atoms with E-state index in [1.54, 1.807) is 7.11 Å². The molecule has 0 spiro atoms. The van der Waals surface area contributed by atoms with E-state index in [0.717, 1.165) is 31.2 Å². The van der Waals surface area contributed by atoms with Crippen LogP contribution in [-0.2, 0) is 11.3 Å². The van der Waals surface area contributed by atoms with Crippen LogP contribution in [0.1, 0.15) is 45.2 Å². The first-order chi connectivity index (χ1) is 9.00. The van der Waals surface area contributed by atoms with Gasteiger partial charge >= 0.3 is 0 Å². The predicted octanol–water partition coefficient (Wildman–Crippen LogP) is 3.22. The summed E-state index contributed by atoms with van der Waals surface area (Å²) < 4.78 is 7.34. The molecule has 1 unspecified atom stereocenters. The minimum Gasteiger partial charge on any atom is -0.385 e. The van der Waals surface area contributed by atoms with Gasteiger partial charge in [-0.25, -0.2) is 4.98 Å². The van der Waals surface area contributed by atoms with E-state index in [1.807, 2.05) is 0 Å². The molecule has 0 aromatic carbocycles. The van der Waals surface area contributed by atoms with Crippen LogP contribution in [0.5, 0.6) is 0 Å². The topological polar surface area (TPSA) is 39.1 Å². The summed E-state index contributed by atoms with van der Waals surface area (Å²) in [6.45, 7) is 8.52. The van der Waals surface area contributed by atoms with Crippen LogP contribution >= 0.6 is 0 Å². The van der Waals surface area contributed by atoms with Gasteiger partial charge in [0.1, 0.15) is 0 Å². The van der Waals surface area contributed by atoms with Crippen molar-refractivity contribution in [2.75, 3.05) is 19.0 Å². The highest BCUT2D eigenvalue weighted by molar-refractivity contribution is 5.31. The van der Waals surface area contributed by atoms with Gasteiger partial charge in [-0.2, -0.15) is 0 Å². The molecule has 4 nitrogen and oxygen atoms in total. The van der Waals surface area contributed by atoms with E-state index in [0.29, 0.717) is 11.5 Å². The number of aromatic nitrogens is 2. The molecule has 108 valence electrons. The number of rotatable bonds is 6. The molecule has 0 bridgehead atoms. The van der Waals surface area contributed by atoms with E-state index in [9.17, 15) is 0 Å². The Hall–Kier alpha value is -1.03. The minimum absolute atomic E-state index is 0.472. The van der Waals surface area contributed by atoms with Gasteiger partial charge in [0, 0.05) is 32.5 Å². The first kappa shape index (κ1) is 14.4. The van der Waals surface area contributed by atoms with Crippen LogP contribution in [0.2, 0.25) is 0 Å². The molecule has 1 saturated carbocycles. The zero-order chi connectivity index (χ0) is 13.9. The van der Waals surface area contributed by atoms with Crippen molar-refractivity contribution in [2.45, 2.75) is 59.0 Å². The van der Waals surface area contributed by atoms with Crippen molar-refractivity contribution in [3.8, 4) is 0 Å². The average molecular weight is 265 g/mol. The van der Waals surface area contributed by atoms with E-state index >= 15 is 0 Å². The third-order valence-electron chi connectivity index (χ3n) is 3.95. The lowest BCUT2D eigenvalue weighted by Gasteiger charge is -2.18. The Morgan fingerprint density at radius 1 is 1.53 bits per heavy atom. The maximum absolute atomic E-state index is 5.12. The highest BCUT2D eigenvalue weighted by atomic mass is 16.5. The summed E-state index contributed by atoms with van der Waals surface area (Å²) in [6.07, 6.45) is 6.93. The van der Waals surface area contributed by atoms with Gasteiger partial charge in [0.2, 0.25) is 5.95 Å². The van der Waals surface area contributed by atoms with Crippen molar-refractivity contribution in [3.05, 3.63) is 11.9 Å². The summed E-state index contributed by atoms with van der Waals surface area (Å²) in [5, 5.41) is 3.62. The van der Waals surface area contributed by atoms with Gasteiger partial charge in [-0.05, 0) is 38.0 Å². The van der Waals surface area contributed by atoms with E-state index in [1.165, 1.54) is 19.3 Å². The third kappa shape index (κ3) is 3.96. The normalized spacial score (nSPS) is 21.8. The number of methoxy groups -OCH3 is 1. The summed E-state index contributed by atoms with van der Waals surface area (Å²) in [5.74, 6) is 1.02. The van der Waals surface area contributed by atoms with Crippen LogP contribution in [0.4, 0.5) is 5.95 Å². The molecule has 1 N–H and O–H groups in total. The SMILES string of the molecule is COCCCn1cc(C)nc1NC1CCC(C)(C)C1. The molecule has 0 amide bonds. The Balaban J connectivity index is 1.96. The van der Waals surface area contributed by atoms with Crippen molar-refractivity contribution in [1.29, 1.82) is 0 Å². The van der Waals surface area contributed by atoms with Crippen LogP contribution < -0.4 is 5.32 Å². The van der Waals surface area contributed by atoms with Crippen LogP contribution in [0.25, 0.3) is 0 Å². The van der Waals surface area contributed by atoms with E-state index in [-0.39, 0.29) is 0 Å². The fourth-order valence-corrected chi connectivity index (χ4v) is 2.95. The van der Waals surface area contributed by atoms with Gasteiger partial charge in [-0.15, -0.1) is 0 Å². The lowest BCUT2D eigenvalue weighted by atomic mass is 9.92. The Labute approximate surface area is 116 Å². The number of hydrogen-bond donors (Lipinski definition) is 1. The summed E-state index contributed by atoms with van der Waals surface area (Å²) in [4.78, 5) is 4.61. The third-order valence-corrected chi connectivity index (χ3v) is 3.95. The van der Waals surface area contributed by atoms with E-state index in [4.69, 9.17) is 4.74 Å². The Kier molecular flexibility index (Phi) is 4.50. The molecule has 1 aromatic heterocycles. The number of anilines is 1. The first-order valence-corrected chi connectivity index (χ1v) is 7.29. The molecule has 0 radical (unpaired) electrons. The number of nitrogens with zero attached hydrogens (tertiary/aromatic N) is 2. The van der Waals surface area contributed by atoms with E-state index in [2.05, 4.69) is 41.8 Å². The molecular weight excluding hydrogens is 238 g/mol. The molecular formula is C15H27N3O. The number of imidazole rings is 1. The number of ether oxygens (including phenoxy) is 1. The molecule has 1 atom stereocenters.